The molecule has 4 heteroatoms. The molecule has 1 aromatic rings. The third-order valence-electron chi connectivity index (χ3n) is 4.24. The molecular formula is C16H26ClN3. The summed E-state index contributed by atoms with van der Waals surface area (Å²) in [6.07, 6.45) is 0.864. The van der Waals surface area contributed by atoms with Crippen LogP contribution in [0.4, 0.5) is 5.69 Å². The van der Waals surface area contributed by atoms with Crippen molar-refractivity contribution in [2.75, 3.05) is 31.6 Å². The first-order chi connectivity index (χ1) is 9.31. The second-order valence-electron chi connectivity index (χ2n) is 6.58. The van der Waals surface area contributed by atoms with E-state index < -0.39 is 0 Å². The zero-order valence-electron chi connectivity index (χ0n) is 13.0. The normalized spacial score (nSPS) is 21.0. The molecular weight excluding hydrogens is 270 g/mol. The van der Waals surface area contributed by atoms with E-state index in [0.717, 1.165) is 31.1 Å². The van der Waals surface area contributed by atoms with Crippen molar-refractivity contribution in [1.29, 1.82) is 0 Å². The van der Waals surface area contributed by atoms with Crippen LogP contribution in [0.1, 0.15) is 26.3 Å². The summed E-state index contributed by atoms with van der Waals surface area (Å²) >= 11 is 6.48. The average Bonchev–Trinajstić information content (AvgIpc) is 2.32. The number of para-hydroxylation sites is 1. The summed E-state index contributed by atoms with van der Waals surface area (Å²) in [7, 11) is 2.19. The minimum Gasteiger partial charge on any atom is -0.367 e. The first kappa shape index (κ1) is 15.6. The monoisotopic (exact) mass is 295 g/mol. The summed E-state index contributed by atoms with van der Waals surface area (Å²) in [6, 6.07) is 6.29. The van der Waals surface area contributed by atoms with Crippen molar-refractivity contribution in [1.82, 2.24) is 4.90 Å². The number of hydrogen-bond acceptors (Lipinski definition) is 3. The van der Waals surface area contributed by atoms with Crippen LogP contribution in [-0.2, 0) is 6.42 Å². The molecule has 0 aliphatic carbocycles. The molecule has 1 atom stereocenters. The maximum atomic E-state index is 6.48. The Kier molecular flexibility index (Phi) is 4.62. The highest BCUT2D eigenvalue weighted by Gasteiger charge is 2.32. The number of nitrogens with two attached hydrogens (primary N) is 1. The van der Waals surface area contributed by atoms with E-state index in [2.05, 4.69) is 36.8 Å². The maximum Gasteiger partial charge on any atom is 0.0642 e. The molecule has 1 aliphatic rings. The second kappa shape index (κ2) is 5.92. The molecule has 1 saturated heterocycles. The summed E-state index contributed by atoms with van der Waals surface area (Å²) in [4.78, 5) is 4.83. The van der Waals surface area contributed by atoms with Crippen LogP contribution in [-0.4, -0.2) is 43.2 Å². The third kappa shape index (κ3) is 3.27. The molecule has 1 fully saturated rings. The summed E-state index contributed by atoms with van der Waals surface area (Å²) < 4.78 is 0. The van der Waals surface area contributed by atoms with Gasteiger partial charge in [0.25, 0.3) is 0 Å². The Labute approximate surface area is 127 Å². The molecule has 20 heavy (non-hydrogen) atoms. The lowest BCUT2D eigenvalue weighted by molar-refractivity contribution is 0.139. The van der Waals surface area contributed by atoms with Crippen LogP contribution >= 0.6 is 11.6 Å². The van der Waals surface area contributed by atoms with E-state index in [1.54, 1.807) is 0 Å². The fourth-order valence-corrected chi connectivity index (χ4v) is 3.17. The summed E-state index contributed by atoms with van der Waals surface area (Å²) in [5.41, 5.74) is 8.57. The molecule has 1 unspecified atom stereocenters. The van der Waals surface area contributed by atoms with E-state index in [4.69, 9.17) is 17.3 Å². The molecule has 1 aromatic carbocycles. The molecule has 1 heterocycles. The van der Waals surface area contributed by atoms with Gasteiger partial charge >= 0.3 is 0 Å². The zero-order valence-corrected chi connectivity index (χ0v) is 13.7. The first-order valence-electron chi connectivity index (χ1n) is 7.30. The quantitative estimate of drug-likeness (QED) is 0.931. The van der Waals surface area contributed by atoms with E-state index in [1.807, 2.05) is 19.1 Å². The van der Waals surface area contributed by atoms with Gasteiger partial charge in [-0.15, -0.1) is 0 Å². The highest BCUT2D eigenvalue weighted by Crippen LogP contribution is 2.34. The van der Waals surface area contributed by atoms with Crippen LogP contribution in [0.3, 0.4) is 0 Å². The standard InChI is InChI=1S/C16H26ClN3/c1-12(18)10-13-6-5-7-14(17)15(13)20-9-8-19(4)16(2,3)11-20/h5-7,12H,8-11,18H2,1-4H3. The molecule has 1 aliphatic heterocycles. The topological polar surface area (TPSA) is 32.5 Å². The molecule has 0 saturated carbocycles. The lowest BCUT2D eigenvalue weighted by atomic mass is 9.97. The van der Waals surface area contributed by atoms with Crippen LogP contribution in [0.2, 0.25) is 5.02 Å². The smallest absolute Gasteiger partial charge is 0.0642 e. The number of halogens is 1. The van der Waals surface area contributed by atoms with Crippen LogP contribution in [0.15, 0.2) is 18.2 Å². The number of likely N-dealkylation sites (N-methyl/N-ethyl adjacent to an activating group) is 1. The predicted molar refractivity (Wildman–Crippen MR) is 87.7 cm³/mol. The van der Waals surface area contributed by atoms with Crippen molar-refractivity contribution in [2.24, 2.45) is 5.73 Å². The van der Waals surface area contributed by atoms with Gasteiger partial charge in [0, 0.05) is 31.2 Å². The Hall–Kier alpha value is -0.770. The van der Waals surface area contributed by atoms with Crippen molar-refractivity contribution < 1.29 is 0 Å². The van der Waals surface area contributed by atoms with E-state index in [-0.39, 0.29) is 11.6 Å². The molecule has 0 bridgehead atoms. The van der Waals surface area contributed by atoms with Crippen LogP contribution < -0.4 is 10.6 Å². The highest BCUT2D eigenvalue weighted by molar-refractivity contribution is 6.33. The maximum absolute atomic E-state index is 6.48. The molecule has 2 rings (SSSR count). The van der Waals surface area contributed by atoms with Crippen molar-refractivity contribution >= 4 is 17.3 Å². The van der Waals surface area contributed by atoms with Crippen molar-refractivity contribution in [3.63, 3.8) is 0 Å². The number of piperazine rings is 1. The van der Waals surface area contributed by atoms with Crippen LogP contribution in [0.5, 0.6) is 0 Å². The lowest BCUT2D eigenvalue weighted by Gasteiger charge is -2.47. The Bertz CT molecular complexity index is 471. The van der Waals surface area contributed by atoms with Gasteiger partial charge in [-0.2, -0.15) is 0 Å². The molecule has 112 valence electrons. The Balaban J connectivity index is 2.32. The Morgan fingerprint density at radius 1 is 1.35 bits per heavy atom. The van der Waals surface area contributed by atoms with Crippen LogP contribution in [0.25, 0.3) is 0 Å². The summed E-state index contributed by atoms with van der Waals surface area (Å²) in [5.74, 6) is 0. The minimum atomic E-state index is 0.146. The van der Waals surface area contributed by atoms with E-state index in [9.17, 15) is 0 Å². The molecule has 3 nitrogen and oxygen atoms in total. The third-order valence-corrected chi connectivity index (χ3v) is 4.55. The van der Waals surface area contributed by atoms with Crippen molar-refractivity contribution in [2.45, 2.75) is 38.8 Å². The minimum absolute atomic E-state index is 0.146. The number of anilines is 1. The summed E-state index contributed by atoms with van der Waals surface area (Å²) in [6.45, 7) is 9.64. The number of benzene rings is 1. The largest absolute Gasteiger partial charge is 0.367 e. The van der Waals surface area contributed by atoms with Gasteiger partial charge in [-0.05, 0) is 45.9 Å². The predicted octanol–water partition coefficient (Wildman–Crippen LogP) is 2.76. The lowest BCUT2D eigenvalue weighted by Crippen LogP contribution is -2.58. The van der Waals surface area contributed by atoms with Gasteiger partial charge in [0.1, 0.15) is 0 Å². The van der Waals surface area contributed by atoms with Gasteiger partial charge in [-0.1, -0.05) is 23.7 Å². The molecule has 0 amide bonds. The average molecular weight is 296 g/mol. The second-order valence-corrected chi connectivity index (χ2v) is 6.99. The first-order valence-corrected chi connectivity index (χ1v) is 7.68. The Morgan fingerprint density at radius 2 is 2.05 bits per heavy atom. The van der Waals surface area contributed by atoms with Crippen LogP contribution in [0, 0.1) is 0 Å². The fourth-order valence-electron chi connectivity index (χ4n) is 2.86. The van der Waals surface area contributed by atoms with E-state index >= 15 is 0 Å². The molecule has 0 aromatic heterocycles. The number of hydrogen-bond donors (Lipinski definition) is 1. The fraction of sp³-hybridized carbons (Fsp3) is 0.625. The van der Waals surface area contributed by atoms with Gasteiger partial charge in [-0.3, -0.25) is 4.90 Å². The molecule has 0 spiro atoms. The van der Waals surface area contributed by atoms with E-state index in [1.165, 1.54) is 11.3 Å². The zero-order chi connectivity index (χ0) is 14.9. The van der Waals surface area contributed by atoms with Gasteiger partial charge < -0.3 is 10.6 Å². The highest BCUT2D eigenvalue weighted by atomic mass is 35.5. The van der Waals surface area contributed by atoms with Gasteiger partial charge in [-0.25, -0.2) is 0 Å². The number of nitrogens with zero attached hydrogens (tertiary/aromatic N) is 2. The van der Waals surface area contributed by atoms with Crippen molar-refractivity contribution in [3.8, 4) is 0 Å². The van der Waals surface area contributed by atoms with Gasteiger partial charge in [0.05, 0.1) is 10.7 Å². The summed E-state index contributed by atoms with van der Waals surface area (Å²) in [5, 5.41) is 0.837. The SMILES string of the molecule is CC(N)Cc1cccc(Cl)c1N1CCN(C)C(C)(C)C1. The molecule has 2 N–H and O–H groups in total. The Morgan fingerprint density at radius 3 is 2.65 bits per heavy atom. The van der Waals surface area contributed by atoms with E-state index in [0.29, 0.717) is 0 Å². The van der Waals surface area contributed by atoms with Gasteiger partial charge in [0.15, 0.2) is 0 Å². The van der Waals surface area contributed by atoms with Gasteiger partial charge in [0.2, 0.25) is 0 Å². The van der Waals surface area contributed by atoms with Crippen molar-refractivity contribution in [3.05, 3.63) is 28.8 Å². The molecule has 0 radical (unpaired) electrons. The number of rotatable bonds is 3.